The molecule has 1 saturated heterocycles. The molecule has 0 saturated carbocycles. The molecule has 17 heavy (non-hydrogen) atoms. The monoisotopic (exact) mass is 244 g/mol. The number of aliphatic carboxylic acids is 1. The van der Waals surface area contributed by atoms with E-state index in [1.165, 1.54) is 4.90 Å². The number of likely N-dealkylation sites (tertiary alicyclic amines) is 1. The highest BCUT2D eigenvalue weighted by Gasteiger charge is 2.28. The third-order valence-corrected chi connectivity index (χ3v) is 2.90. The molecule has 2 amide bonds. The second-order valence-corrected chi connectivity index (χ2v) is 4.75. The number of carboxylic acid groups (broad SMARTS) is 1. The van der Waals surface area contributed by atoms with Crippen LogP contribution in [0.15, 0.2) is 0 Å². The molecule has 1 aliphatic heterocycles. The van der Waals surface area contributed by atoms with Crippen molar-refractivity contribution in [2.45, 2.75) is 38.8 Å². The second kappa shape index (κ2) is 5.86. The highest BCUT2D eigenvalue weighted by Crippen LogP contribution is 2.10. The van der Waals surface area contributed by atoms with E-state index >= 15 is 0 Å². The van der Waals surface area contributed by atoms with Gasteiger partial charge in [0.25, 0.3) is 0 Å². The van der Waals surface area contributed by atoms with Gasteiger partial charge in [-0.1, -0.05) is 13.8 Å². The number of hydrogen-bond donors (Lipinski definition) is 3. The van der Waals surface area contributed by atoms with E-state index in [1.807, 2.05) is 0 Å². The lowest BCUT2D eigenvalue weighted by Crippen LogP contribution is -2.53. The minimum Gasteiger partial charge on any atom is -0.480 e. The van der Waals surface area contributed by atoms with E-state index in [4.69, 9.17) is 5.11 Å². The maximum Gasteiger partial charge on any atom is 0.326 e. The van der Waals surface area contributed by atoms with Gasteiger partial charge < -0.3 is 20.4 Å². The van der Waals surface area contributed by atoms with Gasteiger partial charge in [0, 0.05) is 13.1 Å². The lowest BCUT2D eigenvalue weighted by molar-refractivity contribution is -0.140. The molecule has 0 aromatic rings. The SMILES string of the molecule is CC(C)C(NC(=O)N1CCCC(O)C1)C(=O)O. The van der Waals surface area contributed by atoms with Crippen LogP contribution < -0.4 is 5.32 Å². The van der Waals surface area contributed by atoms with Gasteiger partial charge in [-0.2, -0.15) is 0 Å². The summed E-state index contributed by atoms with van der Waals surface area (Å²) in [6, 6.07) is -1.30. The van der Waals surface area contributed by atoms with Gasteiger partial charge in [-0.05, 0) is 18.8 Å². The van der Waals surface area contributed by atoms with Gasteiger partial charge in [-0.25, -0.2) is 9.59 Å². The van der Waals surface area contributed by atoms with Gasteiger partial charge in [-0.15, -0.1) is 0 Å². The van der Waals surface area contributed by atoms with Crippen LogP contribution in [0, 0.1) is 5.92 Å². The summed E-state index contributed by atoms with van der Waals surface area (Å²) in [5.41, 5.74) is 0. The second-order valence-electron chi connectivity index (χ2n) is 4.75. The van der Waals surface area contributed by atoms with Crippen LogP contribution >= 0.6 is 0 Å². The van der Waals surface area contributed by atoms with Crippen LogP contribution in [-0.4, -0.2) is 52.3 Å². The number of β-amino-alcohol motifs (C(OH)–C–C–N with tert-alkyl or cyclic N) is 1. The van der Waals surface area contributed by atoms with Gasteiger partial charge in [0.15, 0.2) is 0 Å². The third kappa shape index (κ3) is 3.89. The number of carboxylic acids is 1. The van der Waals surface area contributed by atoms with Crippen LogP contribution in [0.25, 0.3) is 0 Å². The van der Waals surface area contributed by atoms with Crippen molar-refractivity contribution >= 4 is 12.0 Å². The Labute approximate surface area is 101 Å². The molecule has 0 aromatic carbocycles. The molecule has 0 radical (unpaired) electrons. The van der Waals surface area contributed by atoms with Crippen molar-refractivity contribution in [2.75, 3.05) is 13.1 Å². The quantitative estimate of drug-likeness (QED) is 0.664. The molecule has 98 valence electrons. The summed E-state index contributed by atoms with van der Waals surface area (Å²) in [4.78, 5) is 24.2. The molecule has 0 bridgehead atoms. The Morgan fingerprint density at radius 3 is 2.53 bits per heavy atom. The van der Waals surface area contributed by atoms with Crippen LogP contribution in [0.3, 0.4) is 0 Å². The maximum absolute atomic E-state index is 11.8. The molecule has 6 heteroatoms. The van der Waals surface area contributed by atoms with Gasteiger partial charge in [0.1, 0.15) is 6.04 Å². The number of carbonyl (C=O) groups is 2. The molecule has 0 aliphatic carbocycles. The van der Waals surface area contributed by atoms with E-state index in [0.29, 0.717) is 13.0 Å². The van der Waals surface area contributed by atoms with Gasteiger partial charge in [-0.3, -0.25) is 0 Å². The van der Waals surface area contributed by atoms with Gasteiger partial charge in [0.2, 0.25) is 0 Å². The zero-order chi connectivity index (χ0) is 13.0. The Morgan fingerprint density at radius 1 is 1.41 bits per heavy atom. The average molecular weight is 244 g/mol. The van der Waals surface area contributed by atoms with Crippen molar-refractivity contribution in [2.24, 2.45) is 5.92 Å². The Kier molecular flexibility index (Phi) is 4.74. The summed E-state index contributed by atoms with van der Waals surface area (Å²) in [5.74, 6) is -1.21. The van der Waals surface area contributed by atoms with Crippen molar-refractivity contribution in [3.63, 3.8) is 0 Å². The first-order valence-corrected chi connectivity index (χ1v) is 5.88. The minimum absolute atomic E-state index is 0.175. The summed E-state index contributed by atoms with van der Waals surface area (Å²) in [6.07, 6.45) is 0.932. The summed E-state index contributed by atoms with van der Waals surface area (Å²) in [7, 11) is 0. The van der Waals surface area contributed by atoms with Crippen molar-refractivity contribution in [3.05, 3.63) is 0 Å². The zero-order valence-corrected chi connectivity index (χ0v) is 10.2. The molecule has 1 heterocycles. The van der Waals surface area contributed by atoms with Crippen molar-refractivity contribution < 1.29 is 19.8 Å². The lowest BCUT2D eigenvalue weighted by atomic mass is 10.0. The summed E-state index contributed by atoms with van der Waals surface area (Å²) in [5, 5.41) is 20.9. The predicted octanol–water partition coefficient (Wildman–Crippen LogP) is 0.262. The van der Waals surface area contributed by atoms with Crippen LogP contribution in [-0.2, 0) is 4.79 Å². The normalized spacial score (nSPS) is 22.4. The predicted molar refractivity (Wildman–Crippen MR) is 61.6 cm³/mol. The number of amides is 2. The number of rotatable bonds is 3. The molecule has 1 aliphatic rings. The van der Waals surface area contributed by atoms with Crippen LogP contribution in [0.5, 0.6) is 0 Å². The zero-order valence-electron chi connectivity index (χ0n) is 10.2. The fourth-order valence-corrected chi connectivity index (χ4v) is 1.88. The standard InChI is InChI=1S/C11H20N2O4/c1-7(2)9(10(15)16)12-11(17)13-5-3-4-8(14)6-13/h7-9,14H,3-6H2,1-2H3,(H,12,17)(H,15,16). The van der Waals surface area contributed by atoms with Crippen LogP contribution in [0.1, 0.15) is 26.7 Å². The molecule has 1 rings (SSSR count). The van der Waals surface area contributed by atoms with E-state index in [2.05, 4.69) is 5.32 Å². The smallest absolute Gasteiger partial charge is 0.326 e. The minimum atomic E-state index is -1.04. The van der Waals surface area contributed by atoms with E-state index in [-0.39, 0.29) is 12.5 Å². The molecule has 0 spiro atoms. The number of hydrogen-bond acceptors (Lipinski definition) is 3. The summed E-state index contributed by atoms with van der Waals surface area (Å²) >= 11 is 0. The molecule has 1 fully saturated rings. The Bertz CT molecular complexity index is 293. The molecule has 2 unspecified atom stereocenters. The van der Waals surface area contributed by atoms with Crippen LogP contribution in [0.2, 0.25) is 0 Å². The summed E-state index contributed by atoms with van der Waals surface area (Å²) in [6.45, 7) is 4.32. The fourth-order valence-electron chi connectivity index (χ4n) is 1.88. The molecular weight excluding hydrogens is 224 g/mol. The number of carbonyl (C=O) groups excluding carboxylic acids is 1. The first kappa shape index (κ1) is 13.8. The highest BCUT2D eigenvalue weighted by molar-refractivity contribution is 5.82. The van der Waals surface area contributed by atoms with Crippen molar-refractivity contribution in [3.8, 4) is 0 Å². The van der Waals surface area contributed by atoms with E-state index in [1.54, 1.807) is 13.8 Å². The maximum atomic E-state index is 11.8. The molecule has 6 nitrogen and oxygen atoms in total. The Hall–Kier alpha value is -1.30. The summed E-state index contributed by atoms with van der Waals surface area (Å²) < 4.78 is 0. The topological polar surface area (TPSA) is 89.9 Å². The number of aliphatic hydroxyl groups is 1. The fraction of sp³-hybridized carbons (Fsp3) is 0.818. The third-order valence-electron chi connectivity index (χ3n) is 2.90. The lowest BCUT2D eigenvalue weighted by Gasteiger charge is -2.31. The number of nitrogens with one attached hydrogen (secondary N) is 1. The van der Waals surface area contributed by atoms with Gasteiger partial charge in [0.05, 0.1) is 6.10 Å². The number of urea groups is 1. The number of piperidine rings is 1. The molecular formula is C11H20N2O4. The average Bonchev–Trinajstić information content (AvgIpc) is 2.24. The van der Waals surface area contributed by atoms with Crippen LogP contribution in [0.4, 0.5) is 4.79 Å². The largest absolute Gasteiger partial charge is 0.480 e. The Morgan fingerprint density at radius 2 is 2.06 bits per heavy atom. The highest BCUT2D eigenvalue weighted by atomic mass is 16.4. The Balaban J connectivity index is 2.54. The number of aliphatic hydroxyl groups excluding tert-OH is 1. The molecule has 3 N–H and O–H groups in total. The van der Waals surface area contributed by atoms with E-state index in [0.717, 1.165) is 6.42 Å². The molecule has 0 aromatic heterocycles. The van der Waals surface area contributed by atoms with Crippen molar-refractivity contribution in [1.29, 1.82) is 0 Å². The van der Waals surface area contributed by atoms with Crippen molar-refractivity contribution in [1.82, 2.24) is 10.2 Å². The first-order valence-electron chi connectivity index (χ1n) is 5.88. The number of nitrogens with zero attached hydrogens (tertiary/aromatic N) is 1. The first-order chi connectivity index (χ1) is 7.91. The van der Waals surface area contributed by atoms with E-state index in [9.17, 15) is 14.7 Å². The molecule has 2 atom stereocenters. The van der Waals surface area contributed by atoms with Gasteiger partial charge >= 0.3 is 12.0 Å². The van der Waals surface area contributed by atoms with E-state index < -0.39 is 24.1 Å².